The first-order valence-electron chi connectivity index (χ1n) is 10.6. The van der Waals surface area contributed by atoms with Gasteiger partial charge in [-0.2, -0.15) is 5.10 Å². The molecule has 1 N–H and O–H groups in total. The van der Waals surface area contributed by atoms with Crippen LogP contribution in [0, 0.1) is 0 Å². The van der Waals surface area contributed by atoms with Crippen molar-refractivity contribution in [2.24, 2.45) is 7.05 Å². The summed E-state index contributed by atoms with van der Waals surface area (Å²) >= 11 is 7.00. The van der Waals surface area contributed by atoms with Gasteiger partial charge in [0.05, 0.1) is 22.1 Å². The van der Waals surface area contributed by atoms with Crippen LogP contribution in [-0.2, 0) is 7.05 Å². The molecule has 3 atom stereocenters. The Morgan fingerprint density at radius 2 is 1.73 bits per heavy atom. The van der Waals surface area contributed by atoms with Gasteiger partial charge in [-0.3, -0.25) is 0 Å². The van der Waals surface area contributed by atoms with Gasteiger partial charge in [0, 0.05) is 30.9 Å². The number of rotatable bonds is 3. The number of nitrogens with one attached hydrogen (secondary N) is 1. The van der Waals surface area contributed by atoms with Crippen molar-refractivity contribution in [1.29, 1.82) is 0 Å². The highest BCUT2D eigenvalue weighted by Gasteiger charge is 2.36. The zero-order chi connectivity index (χ0) is 20.2. The van der Waals surface area contributed by atoms with Crippen molar-refractivity contribution in [3.05, 3.63) is 53.7 Å². The molecule has 2 bridgehead atoms. The van der Waals surface area contributed by atoms with E-state index in [0.29, 0.717) is 28.8 Å². The van der Waals surface area contributed by atoms with Crippen molar-refractivity contribution in [3.63, 3.8) is 0 Å². The van der Waals surface area contributed by atoms with Crippen LogP contribution in [0.5, 0.6) is 0 Å². The zero-order valence-corrected chi connectivity index (χ0v) is 17.5. The first-order valence-corrected chi connectivity index (χ1v) is 10.9. The van der Waals surface area contributed by atoms with Crippen LogP contribution in [0.15, 0.2) is 48.7 Å². The van der Waals surface area contributed by atoms with Crippen molar-refractivity contribution in [3.8, 4) is 22.6 Å². The molecule has 4 aromatic rings. The maximum atomic E-state index is 7.00. The average Bonchev–Trinajstić information content (AvgIpc) is 3.45. The summed E-state index contributed by atoms with van der Waals surface area (Å²) in [6.07, 6.45) is 6.66. The number of halogens is 1. The van der Waals surface area contributed by atoms with Gasteiger partial charge >= 0.3 is 0 Å². The Balaban J connectivity index is 1.58. The first-order chi connectivity index (χ1) is 14.7. The number of hydrogen-bond acceptors (Lipinski definition) is 4. The van der Waals surface area contributed by atoms with Crippen LogP contribution >= 0.6 is 11.6 Å². The van der Waals surface area contributed by atoms with Crippen LogP contribution in [0.2, 0.25) is 5.02 Å². The molecule has 6 nitrogen and oxygen atoms in total. The average molecular weight is 419 g/mol. The van der Waals surface area contributed by atoms with Crippen molar-refractivity contribution in [2.75, 3.05) is 0 Å². The van der Waals surface area contributed by atoms with Crippen LogP contribution in [-0.4, -0.2) is 36.6 Å². The van der Waals surface area contributed by atoms with Gasteiger partial charge in [0.15, 0.2) is 5.65 Å². The molecule has 2 aliphatic heterocycles. The molecule has 30 heavy (non-hydrogen) atoms. The Morgan fingerprint density at radius 3 is 2.43 bits per heavy atom. The summed E-state index contributed by atoms with van der Waals surface area (Å²) in [7, 11) is 2.03. The molecule has 0 saturated carbocycles. The van der Waals surface area contributed by atoms with E-state index >= 15 is 0 Å². The zero-order valence-electron chi connectivity index (χ0n) is 16.8. The highest BCUT2D eigenvalue weighted by molar-refractivity contribution is 6.38. The number of piperidine rings is 1. The van der Waals surface area contributed by atoms with E-state index in [-0.39, 0.29) is 0 Å². The number of benzene rings is 1. The Hall–Kier alpha value is -2.70. The van der Waals surface area contributed by atoms with Gasteiger partial charge in [-0.25, -0.2) is 4.68 Å². The number of nitrogens with zero attached hydrogens (tertiary/aromatic N) is 5. The van der Waals surface area contributed by atoms with Crippen molar-refractivity contribution < 1.29 is 0 Å². The highest BCUT2D eigenvalue weighted by atomic mass is 35.5. The molecule has 6 rings (SSSR count). The van der Waals surface area contributed by atoms with E-state index in [1.807, 2.05) is 49.6 Å². The van der Waals surface area contributed by atoms with Crippen LogP contribution < -0.4 is 5.32 Å². The van der Waals surface area contributed by atoms with Gasteiger partial charge < -0.3 is 9.88 Å². The fourth-order valence-electron chi connectivity index (χ4n) is 5.13. The fourth-order valence-corrected chi connectivity index (χ4v) is 5.45. The minimum atomic E-state index is 0.313. The van der Waals surface area contributed by atoms with Gasteiger partial charge in [0.1, 0.15) is 11.4 Å². The minimum absolute atomic E-state index is 0.313. The largest absolute Gasteiger partial charge is 0.349 e. The smallest absolute Gasteiger partial charge is 0.182 e. The number of hydrogen-bond donors (Lipinski definition) is 1. The summed E-state index contributed by atoms with van der Waals surface area (Å²) in [5, 5.41) is 19.5. The molecule has 3 aromatic heterocycles. The lowest BCUT2D eigenvalue weighted by molar-refractivity contribution is 0.286. The molecule has 2 saturated heterocycles. The Morgan fingerprint density at radius 1 is 0.967 bits per heavy atom. The number of aromatic nitrogens is 5. The maximum absolute atomic E-state index is 7.00. The fraction of sp³-hybridized carbons (Fsp3) is 0.348. The Bertz CT molecular complexity index is 1220. The third kappa shape index (κ3) is 2.78. The van der Waals surface area contributed by atoms with E-state index in [4.69, 9.17) is 16.7 Å². The Kier molecular flexibility index (Phi) is 4.18. The summed E-state index contributed by atoms with van der Waals surface area (Å²) < 4.78 is 4.18. The Labute approximate surface area is 179 Å². The number of fused-ring (bicyclic) bond motifs is 3. The molecule has 0 spiro atoms. The monoisotopic (exact) mass is 418 g/mol. The molecule has 1 unspecified atom stereocenters. The van der Waals surface area contributed by atoms with E-state index < -0.39 is 0 Å². The molecule has 0 radical (unpaired) electrons. The predicted molar refractivity (Wildman–Crippen MR) is 118 cm³/mol. The third-order valence-corrected chi connectivity index (χ3v) is 6.95. The second kappa shape index (κ2) is 6.93. The molecular formula is C23H23ClN6. The van der Waals surface area contributed by atoms with E-state index in [9.17, 15) is 0 Å². The topological polar surface area (TPSA) is 60.6 Å². The molecule has 5 heterocycles. The van der Waals surface area contributed by atoms with E-state index in [0.717, 1.165) is 40.8 Å². The van der Waals surface area contributed by atoms with E-state index in [1.54, 1.807) is 0 Å². The predicted octanol–water partition coefficient (Wildman–Crippen LogP) is 4.61. The summed E-state index contributed by atoms with van der Waals surface area (Å²) in [5.74, 6) is 0. The summed E-state index contributed by atoms with van der Waals surface area (Å²) in [6, 6.07) is 15.6. The normalized spacial score (nSPS) is 23.3. The lowest BCUT2D eigenvalue weighted by Gasteiger charge is -2.29. The summed E-state index contributed by atoms with van der Waals surface area (Å²) in [4.78, 5) is 0. The molecular weight excluding hydrogens is 396 g/mol. The summed E-state index contributed by atoms with van der Waals surface area (Å²) in [5.41, 5.74) is 4.35. The van der Waals surface area contributed by atoms with Gasteiger partial charge in [0.2, 0.25) is 0 Å². The van der Waals surface area contributed by atoms with Crippen LogP contribution in [0.3, 0.4) is 0 Å². The second-order valence-electron chi connectivity index (χ2n) is 8.49. The molecule has 2 aliphatic rings. The van der Waals surface area contributed by atoms with Gasteiger partial charge in [-0.1, -0.05) is 41.9 Å². The van der Waals surface area contributed by atoms with Crippen molar-refractivity contribution in [1.82, 2.24) is 29.9 Å². The summed E-state index contributed by atoms with van der Waals surface area (Å²) in [6.45, 7) is 0. The molecule has 0 amide bonds. The lowest BCUT2D eigenvalue weighted by Crippen LogP contribution is -2.39. The molecule has 0 aliphatic carbocycles. The molecule has 152 valence electrons. The van der Waals surface area contributed by atoms with Gasteiger partial charge in [-0.15, -0.1) is 10.2 Å². The van der Waals surface area contributed by atoms with Crippen molar-refractivity contribution in [2.45, 2.75) is 43.8 Å². The number of aryl methyl sites for hydroxylation is 1. The van der Waals surface area contributed by atoms with Gasteiger partial charge in [0.25, 0.3) is 0 Å². The molecule has 1 aromatic carbocycles. The second-order valence-corrected chi connectivity index (χ2v) is 8.87. The first kappa shape index (κ1) is 18.1. The minimum Gasteiger partial charge on any atom is -0.349 e. The SMILES string of the molecule is Cn1cccc1-c1nn(C2C[C@H]3CC[C@@H](C2)N3)c2nnc(-c3ccccc3)c(Cl)c12. The quantitative estimate of drug-likeness (QED) is 0.528. The van der Waals surface area contributed by atoms with Crippen LogP contribution in [0.25, 0.3) is 33.7 Å². The van der Waals surface area contributed by atoms with Gasteiger partial charge in [-0.05, 0) is 37.8 Å². The highest BCUT2D eigenvalue weighted by Crippen LogP contribution is 2.41. The van der Waals surface area contributed by atoms with E-state index in [2.05, 4.69) is 30.8 Å². The standard InChI is InChI=1S/C23H23ClN6/c1-29-11-5-8-18(29)22-19-20(24)21(14-6-3-2-4-7-14)26-27-23(19)30(28-22)17-12-15-9-10-16(13-17)25-15/h2-8,11,15-17,25H,9-10,12-13H2,1H3/t15-,16+,17?. The van der Waals surface area contributed by atoms with Crippen molar-refractivity contribution >= 4 is 22.6 Å². The molecule has 7 heteroatoms. The van der Waals surface area contributed by atoms with Crippen LogP contribution in [0.4, 0.5) is 0 Å². The lowest BCUT2D eigenvalue weighted by atomic mass is 10.00. The maximum Gasteiger partial charge on any atom is 0.182 e. The van der Waals surface area contributed by atoms with E-state index in [1.165, 1.54) is 12.8 Å². The van der Waals surface area contributed by atoms with Crippen LogP contribution in [0.1, 0.15) is 31.7 Å². The molecule has 2 fully saturated rings. The third-order valence-electron chi connectivity index (χ3n) is 6.58.